The molecule has 2 aromatic heterocycles. The van der Waals surface area contributed by atoms with Crippen LogP contribution in [0.5, 0.6) is 0 Å². The summed E-state index contributed by atoms with van der Waals surface area (Å²) < 4.78 is 2.64. The van der Waals surface area contributed by atoms with Crippen LogP contribution in [0, 0.1) is 0 Å². The Balaban J connectivity index is 1.05. The first kappa shape index (κ1) is 32.5. The Morgan fingerprint density at radius 2 is 0.893 bits per heavy atom. The van der Waals surface area contributed by atoms with Gasteiger partial charge in [-0.1, -0.05) is 176 Å². The van der Waals surface area contributed by atoms with Gasteiger partial charge >= 0.3 is 0 Å². The highest BCUT2D eigenvalue weighted by molar-refractivity contribution is 7.25. The standard InChI is InChI=1S/C53H34N2S/c1-3-14-36(15-4-1)48-34-49(55-52(54-48)37-16-5-2-6-17-37)39-19-13-18-38(32-39)35-26-28-40(29-27-35)53(46-23-10-7-20-42(46)43-21-8-11-24-47(43)53)41-30-31-51-45(33-41)44-22-9-12-25-50(44)56-51/h1-34H. The monoisotopic (exact) mass is 730 g/mol. The maximum Gasteiger partial charge on any atom is 0.160 e. The molecule has 0 saturated carbocycles. The van der Waals surface area contributed by atoms with Crippen molar-refractivity contribution in [2.75, 3.05) is 0 Å². The summed E-state index contributed by atoms with van der Waals surface area (Å²) in [5.74, 6) is 0.716. The van der Waals surface area contributed by atoms with Gasteiger partial charge in [-0.3, -0.25) is 0 Å². The van der Waals surface area contributed by atoms with Gasteiger partial charge in [0.15, 0.2) is 5.82 Å². The Morgan fingerprint density at radius 1 is 0.339 bits per heavy atom. The first-order valence-corrected chi connectivity index (χ1v) is 19.9. The average Bonchev–Trinajstić information content (AvgIpc) is 3.80. The Labute approximate surface area is 330 Å². The molecular formula is C53H34N2S. The summed E-state index contributed by atoms with van der Waals surface area (Å²) in [5, 5.41) is 2.63. The third-order valence-electron chi connectivity index (χ3n) is 11.4. The minimum atomic E-state index is -0.479. The molecule has 0 amide bonds. The number of hydrogen-bond donors (Lipinski definition) is 0. The highest BCUT2D eigenvalue weighted by Crippen LogP contribution is 2.56. The SMILES string of the molecule is c1ccc(-c2cc(-c3cccc(-c4ccc(C5(c6ccc7sc8ccccc8c7c6)c6ccccc6-c6ccccc65)cc4)c3)nc(-c3ccccc3)n2)cc1. The fourth-order valence-corrected chi connectivity index (χ4v) is 9.91. The number of nitrogens with zero attached hydrogens (tertiary/aromatic N) is 2. The van der Waals surface area contributed by atoms with Crippen LogP contribution in [-0.2, 0) is 5.41 Å². The zero-order valence-corrected chi connectivity index (χ0v) is 31.2. The molecule has 0 radical (unpaired) electrons. The molecule has 0 N–H and O–H groups in total. The van der Waals surface area contributed by atoms with Crippen LogP contribution in [0.25, 0.3) is 76.3 Å². The highest BCUT2D eigenvalue weighted by Gasteiger charge is 2.46. The van der Waals surface area contributed by atoms with E-state index in [1.807, 2.05) is 35.6 Å². The van der Waals surface area contributed by atoms with Crippen molar-refractivity contribution in [3.63, 3.8) is 0 Å². The Hall–Kier alpha value is -6.94. The maximum absolute atomic E-state index is 5.11. The van der Waals surface area contributed by atoms with E-state index in [0.29, 0.717) is 5.82 Å². The van der Waals surface area contributed by atoms with E-state index in [1.54, 1.807) is 0 Å². The smallest absolute Gasteiger partial charge is 0.160 e. The molecule has 0 unspecified atom stereocenters. The summed E-state index contributed by atoms with van der Waals surface area (Å²) in [6.45, 7) is 0. The molecule has 8 aromatic carbocycles. The van der Waals surface area contributed by atoms with Gasteiger partial charge in [0.2, 0.25) is 0 Å². The molecule has 3 heteroatoms. The van der Waals surface area contributed by atoms with Gasteiger partial charge in [-0.2, -0.15) is 0 Å². The molecule has 0 spiro atoms. The number of thiophene rings is 1. The van der Waals surface area contributed by atoms with Gasteiger partial charge in [0.05, 0.1) is 16.8 Å². The van der Waals surface area contributed by atoms with Crippen molar-refractivity contribution in [1.29, 1.82) is 0 Å². The molecule has 0 fully saturated rings. The molecule has 1 aliphatic carbocycles. The van der Waals surface area contributed by atoms with Crippen molar-refractivity contribution in [1.82, 2.24) is 9.97 Å². The van der Waals surface area contributed by atoms with Crippen LogP contribution in [0.1, 0.15) is 22.3 Å². The molecule has 2 heterocycles. The molecule has 0 aliphatic heterocycles. The molecular weight excluding hydrogens is 697 g/mol. The van der Waals surface area contributed by atoms with Gasteiger partial charge in [0.25, 0.3) is 0 Å². The predicted molar refractivity (Wildman–Crippen MR) is 234 cm³/mol. The lowest BCUT2D eigenvalue weighted by molar-refractivity contribution is 0.770. The van der Waals surface area contributed by atoms with Crippen molar-refractivity contribution in [3.8, 4) is 56.2 Å². The van der Waals surface area contributed by atoms with Gasteiger partial charge in [-0.25, -0.2) is 9.97 Å². The van der Waals surface area contributed by atoms with Crippen LogP contribution in [0.15, 0.2) is 206 Å². The van der Waals surface area contributed by atoms with Crippen LogP contribution in [0.3, 0.4) is 0 Å². The average molecular weight is 731 g/mol. The fraction of sp³-hybridized carbons (Fsp3) is 0.0189. The summed E-state index contributed by atoms with van der Waals surface area (Å²) in [6, 6.07) is 74.6. The van der Waals surface area contributed by atoms with E-state index in [-0.39, 0.29) is 0 Å². The van der Waals surface area contributed by atoms with Crippen molar-refractivity contribution in [2.45, 2.75) is 5.41 Å². The molecule has 2 nitrogen and oxygen atoms in total. The van der Waals surface area contributed by atoms with E-state index < -0.39 is 5.41 Å². The summed E-state index contributed by atoms with van der Waals surface area (Å²) in [6.07, 6.45) is 0. The Bertz CT molecular complexity index is 2970. The quantitative estimate of drug-likeness (QED) is 0.170. The van der Waals surface area contributed by atoms with Crippen LogP contribution in [-0.4, -0.2) is 9.97 Å². The van der Waals surface area contributed by atoms with E-state index in [9.17, 15) is 0 Å². The first-order chi connectivity index (χ1) is 27.7. The lowest BCUT2D eigenvalue weighted by atomic mass is 9.67. The third kappa shape index (κ3) is 5.16. The second-order valence-corrected chi connectivity index (χ2v) is 15.6. The Kier molecular flexibility index (Phi) is 7.61. The molecule has 11 rings (SSSR count). The minimum Gasteiger partial charge on any atom is -0.228 e. The number of aromatic nitrogens is 2. The second kappa shape index (κ2) is 13.1. The second-order valence-electron chi connectivity index (χ2n) is 14.5. The zero-order valence-electron chi connectivity index (χ0n) is 30.4. The van der Waals surface area contributed by atoms with Gasteiger partial charge in [-0.05, 0) is 74.8 Å². The van der Waals surface area contributed by atoms with E-state index in [2.05, 4.69) is 182 Å². The van der Waals surface area contributed by atoms with Crippen LogP contribution < -0.4 is 0 Å². The summed E-state index contributed by atoms with van der Waals surface area (Å²) >= 11 is 1.87. The lowest BCUT2D eigenvalue weighted by Gasteiger charge is -2.34. The van der Waals surface area contributed by atoms with Gasteiger partial charge in [-0.15, -0.1) is 11.3 Å². The van der Waals surface area contributed by atoms with Crippen molar-refractivity contribution < 1.29 is 0 Å². The predicted octanol–water partition coefficient (Wildman–Crippen LogP) is 13.9. The number of fused-ring (bicyclic) bond motifs is 6. The highest BCUT2D eigenvalue weighted by atomic mass is 32.1. The van der Waals surface area contributed by atoms with Gasteiger partial charge < -0.3 is 0 Å². The number of benzene rings is 8. The topological polar surface area (TPSA) is 25.8 Å². The maximum atomic E-state index is 5.11. The fourth-order valence-electron chi connectivity index (χ4n) is 8.82. The van der Waals surface area contributed by atoms with E-state index >= 15 is 0 Å². The number of hydrogen-bond acceptors (Lipinski definition) is 3. The lowest BCUT2D eigenvalue weighted by Crippen LogP contribution is -2.28. The van der Waals surface area contributed by atoms with Crippen LogP contribution in [0.4, 0.5) is 0 Å². The molecule has 0 atom stereocenters. The van der Waals surface area contributed by atoms with Crippen molar-refractivity contribution >= 4 is 31.5 Å². The number of rotatable bonds is 6. The van der Waals surface area contributed by atoms with Gasteiger partial charge in [0.1, 0.15) is 0 Å². The molecule has 56 heavy (non-hydrogen) atoms. The van der Waals surface area contributed by atoms with E-state index in [0.717, 1.165) is 39.2 Å². The summed E-state index contributed by atoms with van der Waals surface area (Å²) in [5.41, 5.74) is 14.5. The van der Waals surface area contributed by atoms with Crippen LogP contribution >= 0.6 is 11.3 Å². The van der Waals surface area contributed by atoms with Crippen LogP contribution in [0.2, 0.25) is 0 Å². The van der Waals surface area contributed by atoms with E-state index in [1.165, 1.54) is 53.6 Å². The molecule has 262 valence electrons. The first-order valence-electron chi connectivity index (χ1n) is 19.1. The van der Waals surface area contributed by atoms with Crippen molar-refractivity contribution in [3.05, 3.63) is 229 Å². The normalized spacial score (nSPS) is 12.8. The van der Waals surface area contributed by atoms with E-state index in [4.69, 9.17) is 9.97 Å². The molecule has 10 aromatic rings. The molecule has 0 bridgehead atoms. The van der Waals surface area contributed by atoms with Gasteiger partial charge in [0, 0.05) is 36.9 Å². The molecule has 0 saturated heterocycles. The third-order valence-corrected chi connectivity index (χ3v) is 12.6. The summed E-state index contributed by atoms with van der Waals surface area (Å²) in [4.78, 5) is 10.1. The Morgan fingerprint density at radius 3 is 1.62 bits per heavy atom. The van der Waals surface area contributed by atoms with Crippen molar-refractivity contribution in [2.24, 2.45) is 0 Å². The largest absolute Gasteiger partial charge is 0.228 e. The molecule has 1 aliphatic rings. The summed E-state index contributed by atoms with van der Waals surface area (Å²) in [7, 11) is 0. The minimum absolute atomic E-state index is 0.479. The zero-order chi connectivity index (χ0) is 37.1.